The van der Waals surface area contributed by atoms with Gasteiger partial charge in [0.2, 0.25) is 0 Å². The van der Waals surface area contributed by atoms with Gasteiger partial charge in [-0.05, 0) is 49.7 Å². The lowest BCUT2D eigenvalue weighted by molar-refractivity contribution is 0.542. The Bertz CT molecular complexity index is 505. The number of likely N-dealkylation sites (N-methyl/N-ethyl adjacent to an activating group) is 1. The highest BCUT2D eigenvalue weighted by atomic mass is 79.9. The smallest absolute Gasteiger partial charge is 0.176 e. The van der Waals surface area contributed by atoms with E-state index in [1.165, 1.54) is 9.67 Å². The molecule has 0 aliphatic rings. The van der Waals surface area contributed by atoms with Crippen molar-refractivity contribution < 1.29 is 0 Å². The Morgan fingerprint density at radius 2 is 2.28 bits per heavy atom. The fourth-order valence-electron chi connectivity index (χ4n) is 1.64. The number of thiophene rings is 1. The van der Waals surface area contributed by atoms with Crippen LogP contribution in [0.5, 0.6) is 0 Å². The number of hydrogen-bond donors (Lipinski definition) is 1. The molecule has 0 aromatic carbocycles. The Kier molecular flexibility index (Phi) is 4.88. The summed E-state index contributed by atoms with van der Waals surface area (Å²) in [4.78, 5) is 2.74. The van der Waals surface area contributed by atoms with Crippen molar-refractivity contribution in [1.82, 2.24) is 25.5 Å². The van der Waals surface area contributed by atoms with Crippen molar-refractivity contribution in [1.29, 1.82) is 0 Å². The van der Waals surface area contributed by atoms with Crippen molar-refractivity contribution in [3.05, 3.63) is 25.0 Å². The van der Waals surface area contributed by atoms with Crippen molar-refractivity contribution in [3.8, 4) is 0 Å². The van der Waals surface area contributed by atoms with E-state index in [0.29, 0.717) is 0 Å². The van der Waals surface area contributed by atoms with Crippen molar-refractivity contribution in [2.24, 2.45) is 7.05 Å². The minimum atomic E-state index is 0.215. The zero-order chi connectivity index (χ0) is 13.1. The molecule has 98 valence electrons. The van der Waals surface area contributed by atoms with E-state index in [1.54, 1.807) is 18.4 Å². The summed E-state index contributed by atoms with van der Waals surface area (Å²) in [6, 6.07) is 2.34. The zero-order valence-electron chi connectivity index (χ0n) is 10.0. The molecule has 1 N–H and O–H groups in total. The average Bonchev–Trinajstić information content (AvgIpc) is 2.86. The number of aromatic nitrogens is 4. The number of rotatable bonds is 5. The normalized spacial score (nSPS) is 12.9. The highest BCUT2D eigenvalue weighted by molar-refractivity contribution is 9.13. The number of nitrogens with zero attached hydrogens (tertiary/aromatic N) is 4. The van der Waals surface area contributed by atoms with Gasteiger partial charge in [-0.2, -0.15) is 4.80 Å². The van der Waals surface area contributed by atoms with Gasteiger partial charge in [0.05, 0.1) is 10.8 Å². The monoisotopic (exact) mass is 393 g/mol. The van der Waals surface area contributed by atoms with Crippen LogP contribution in [0, 0.1) is 0 Å². The molecule has 2 aromatic rings. The van der Waals surface area contributed by atoms with E-state index >= 15 is 0 Å². The van der Waals surface area contributed by atoms with Gasteiger partial charge in [-0.3, -0.25) is 0 Å². The highest BCUT2D eigenvalue weighted by Crippen LogP contribution is 2.36. The molecule has 2 rings (SSSR count). The third kappa shape index (κ3) is 3.37. The fourth-order valence-corrected chi connectivity index (χ4v) is 3.81. The molecule has 2 aromatic heterocycles. The maximum atomic E-state index is 4.22. The molecular weight excluding hydrogens is 382 g/mol. The number of aryl methyl sites for hydroxylation is 1. The van der Waals surface area contributed by atoms with Crippen LogP contribution < -0.4 is 5.32 Å². The molecule has 0 aliphatic carbocycles. The van der Waals surface area contributed by atoms with Crippen LogP contribution in [0.3, 0.4) is 0 Å². The van der Waals surface area contributed by atoms with Crippen LogP contribution >= 0.6 is 43.2 Å². The van der Waals surface area contributed by atoms with Crippen LogP contribution in [0.2, 0.25) is 0 Å². The highest BCUT2D eigenvalue weighted by Gasteiger charge is 2.17. The largest absolute Gasteiger partial charge is 0.309 e. The molecule has 0 spiro atoms. The minimum Gasteiger partial charge on any atom is -0.309 e. The first-order valence-corrected chi connectivity index (χ1v) is 7.91. The number of nitrogens with one attached hydrogen (secondary N) is 1. The SMILES string of the molecule is CCNC(Cc1nnn(C)n1)c1cc(Br)c(Br)s1. The van der Waals surface area contributed by atoms with Gasteiger partial charge in [-0.15, -0.1) is 21.5 Å². The number of halogens is 2. The van der Waals surface area contributed by atoms with Gasteiger partial charge in [0.25, 0.3) is 0 Å². The van der Waals surface area contributed by atoms with Crippen LogP contribution in [-0.4, -0.2) is 26.8 Å². The van der Waals surface area contributed by atoms with Crippen molar-refractivity contribution in [2.75, 3.05) is 6.54 Å². The molecule has 18 heavy (non-hydrogen) atoms. The lowest BCUT2D eigenvalue weighted by atomic mass is 10.1. The molecule has 8 heteroatoms. The van der Waals surface area contributed by atoms with Crippen LogP contribution in [0.25, 0.3) is 0 Å². The van der Waals surface area contributed by atoms with E-state index < -0.39 is 0 Å². The first kappa shape index (κ1) is 14.1. The summed E-state index contributed by atoms with van der Waals surface area (Å²) in [6.45, 7) is 2.99. The Hall–Kier alpha value is -0.310. The molecule has 0 bridgehead atoms. The van der Waals surface area contributed by atoms with Crippen LogP contribution in [-0.2, 0) is 13.5 Å². The molecule has 0 fully saturated rings. The molecule has 1 atom stereocenters. The molecule has 0 radical (unpaired) electrons. The fraction of sp³-hybridized carbons (Fsp3) is 0.500. The second-order valence-corrected chi connectivity index (χ2v) is 7.04. The van der Waals surface area contributed by atoms with Gasteiger partial charge in [0, 0.05) is 21.8 Å². The van der Waals surface area contributed by atoms with Crippen LogP contribution in [0.1, 0.15) is 23.7 Å². The van der Waals surface area contributed by atoms with E-state index in [9.17, 15) is 0 Å². The molecular formula is C10H13Br2N5S. The molecule has 0 amide bonds. The molecule has 2 heterocycles. The Morgan fingerprint density at radius 1 is 1.50 bits per heavy atom. The van der Waals surface area contributed by atoms with E-state index in [0.717, 1.165) is 27.0 Å². The standard InChI is InChI=1S/C10H13Br2N5S/c1-3-13-7(5-9-14-16-17(2)15-9)8-4-6(11)10(12)18-8/h4,7,13H,3,5H2,1-2H3. The van der Waals surface area contributed by atoms with Gasteiger partial charge in [0.15, 0.2) is 5.82 Å². The lowest BCUT2D eigenvalue weighted by Gasteiger charge is -2.13. The van der Waals surface area contributed by atoms with Crippen molar-refractivity contribution in [3.63, 3.8) is 0 Å². The minimum absolute atomic E-state index is 0.215. The first-order chi connectivity index (χ1) is 8.60. The average molecular weight is 395 g/mol. The van der Waals surface area contributed by atoms with Crippen molar-refractivity contribution in [2.45, 2.75) is 19.4 Å². The predicted molar refractivity (Wildman–Crippen MR) is 78.6 cm³/mol. The maximum Gasteiger partial charge on any atom is 0.176 e. The van der Waals surface area contributed by atoms with Gasteiger partial charge < -0.3 is 5.32 Å². The summed E-state index contributed by atoms with van der Waals surface area (Å²) in [5.74, 6) is 0.754. The molecule has 5 nitrogen and oxygen atoms in total. The quantitative estimate of drug-likeness (QED) is 0.846. The second kappa shape index (κ2) is 6.23. The van der Waals surface area contributed by atoms with E-state index in [2.05, 4.69) is 65.6 Å². The van der Waals surface area contributed by atoms with Gasteiger partial charge in [-0.1, -0.05) is 6.92 Å². The number of tetrazole rings is 1. The summed E-state index contributed by atoms with van der Waals surface area (Å²) in [6.07, 6.45) is 0.737. The third-order valence-electron chi connectivity index (χ3n) is 2.39. The summed E-state index contributed by atoms with van der Waals surface area (Å²) < 4.78 is 2.19. The van der Waals surface area contributed by atoms with Gasteiger partial charge >= 0.3 is 0 Å². The third-order valence-corrected chi connectivity index (χ3v) is 5.76. The molecule has 1 unspecified atom stereocenters. The Balaban J connectivity index is 2.17. The number of hydrogen-bond acceptors (Lipinski definition) is 5. The van der Waals surface area contributed by atoms with E-state index in [4.69, 9.17) is 0 Å². The summed E-state index contributed by atoms with van der Waals surface area (Å²) in [5.41, 5.74) is 0. The lowest BCUT2D eigenvalue weighted by Crippen LogP contribution is -2.22. The Morgan fingerprint density at radius 3 is 2.78 bits per heavy atom. The van der Waals surface area contributed by atoms with Crippen LogP contribution in [0.4, 0.5) is 0 Å². The first-order valence-electron chi connectivity index (χ1n) is 5.51. The van der Waals surface area contributed by atoms with Gasteiger partial charge in [0.1, 0.15) is 0 Å². The Labute approximate surface area is 126 Å². The zero-order valence-corrected chi connectivity index (χ0v) is 14.0. The molecule has 0 saturated carbocycles. The summed E-state index contributed by atoms with van der Waals surface area (Å²) >= 11 is 8.75. The summed E-state index contributed by atoms with van der Waals surface area (Å²) in [7, 11) is 1.77. The predicted octanol–water partition coefficient (Wildman–Crippen LogP) is 2.69. The summed E-state index contributed by atoms with van der Waals surface area (Å²) in [5, 5.41) is 15.6. The van der Waals surface area contributed by atoms with Crippen LogP contribution in [0.15, 0.2) is 14.3 Å². The topological polar surface area (TPSA) is 55.6 Å². The maximum absolute atomic E-state index is 4.22. The van der Waals surface area contributed by atoms with E-state index in [1.807, 2.05) is 0 Å². The molecule has 0 saturated heterocycles. The van der Waals surface area contributed by atoms with Gasteiger partial charge in [-0.25, -0.2) is 0 Å². The van der Waals surface area contributed by atoms with Crippen molar-refractivity contribution >= 4 is 43.2 Å². The van der Waals surface area contributed by atoms with E-state index in [-0.39, 0.29) is 6.04 Å². The second-order valence-electron chi connectivity index (χ2n) is 3.78. The molecule has 0 aliphatic heterocycles.